The Hall–Kier alpha value is -1.78. The van der Waals surface area contributed by atoms with E-state index in [4.69, 9.17) is 5.11 Å². The number of hydrogen-bond donors (Lipinski definition) is 2. The van der Waals surface area contributed by atoms with Crippen molar-refractivity contribution in [2.75, 3.05) is 6.54 Å². The molecule has 2 N–H and O–H groups in total. The minimum Gasteiger partial charge on any atom is -0.477 e. The molecule has 2 heterocycles. The molecular weight excluding hydrogens is 320 g/mol. The van der Waals surface area contributed by atoms with Gasteiger partial charge >= 0.3 is 5.97 Å². The maximum absolute atomic E-state index is 12.6. The first-order valence-electron chi connectivity index (χ1n) is 5.76. The van der Waals surface area contributed by atoms with E-state index in [0.29, 0.717) is 0 Å². The largest absolute Gasteiger partial charge is 0.477 e. The van der Waals surface area contributed by atoms with Crippen molar-refractivity contribution < 1.29 is 27.9 Å². The Morgan fingerprint density at radius 3 is 2.62 bits per heavy atom. The number of carbonyl (C=O) groups excluding carboxylic acids is 2. The van der Waals surface area contributed by atoms with Crippen LogP contribution in [0.15, 0.2) is 16.3 Å². The van der Waals surface area contributed by atoms with Crippen molar-refractivity contribution in [1.82, 2.24) is 9.62 Å². The minimum absolute atomic E-state index is 0.357. The molecule has 0 radical (unpaired) electrons. The smallest absolute Gasteiger partial charge is 0.347 e. The van der Waals surface area contributed by atoms with E-state index in [9.17, 15) is 22.8 Å². The lowest BCUT2D eigenvalue weighted by atomic mass is 10.0. The first kappa shape index (κ1) is 15.6. The summed E-state index contributed by atoms with van der Waals surface area (Å²) in [5.41, 5.74) is -1.50. The zero-order valence-corrected chi connectivity index (χ0v) is 12.7. The fourth-order valence-electron chi connectivity index (χ4n) is 1.92. The van der Waals surface area contributed by atoms with Gasteiger partial charge in [0.2, 0.25) is 21.8 Å². The number of rotatable bonds is 3. The topological polar surface area (TPSA) is 121 Å². The number of carboxylic acids is 1. The standard InChI is InChI=1S/C11H12N2O6S2/c1-11(2)10(17)12-7(14)5-13(11)21(18,19)6-3-4-20-8(6)9(15)16/h3-4H,5H2,1-2H3,(H,15,16)(H,12,14,17). The molecule has 114 valence electrons. The number of hydrogen-bond acceptors (Lipinski definition) is 6. The number of sulfonamides is 1. The van der Waals surface area contributed by atoms with E-state index >= 15 is 0 Å². The van der Waals surface area contributed by atoms with E-state index in [1.54, 1.807) is 0 Å². The molecule has 0 bridgehead atoms. The maximum atomic E-state index is 12.6. The number of aromatic carboxylic acids is 1. The van der Waals surface area contributed by atoms with Crippen molar-refractivity contribution >= 4 is 39.1 Å². The molecule has 1 aromatic rings. The van der Waals surface area contributed by atoms with Crippen molar-refractivity contribution in [3.63, 3.8) is 0 Å². The van der Waals surface area contributed by atoms with Gasteiger partial charge in [0.05, 0.1) is 6.54 Å². The average Bonchev–Trinajstić information content (AvgIpc) is 2.83. The number of imide groups is 1. The predicted octanol–water partition coefficient (Wildman–Crippen LogP) is -0.128. The summed E-state index contributed by atoms with van der Waals surface area (Å²) in [5.74, 6) is -2.89. The zero-order valence-electron chi connectivity index (χ0n) is 11.1. The van der Waals surface area contributed by atoms with Crippen molar-refractivity contribution in [2.24, 2.45) is 0 Å². The van der Waals surface area contributed by atoms with Gasteiger partial charge in [0.25, 0.3) is 0 Å². The second kappa shape index (κ2) is 4.90. The average molecular weight is 332 g/mol. The molecule has 2 rings (SSSR count). The monoisotopic (exact) mass is 332 g/mol. The molecule has 10 heteroatoms. The Bertz CT molecular complexity index is 734. The summed E-state index contributed by atoms with van der Waals surface area (Å²) in [5, 5.41) is 12.4. The van der Waals surface area contributed by atoms with Gasteiger partial charge in [-0.2, -0.15) is 4.31 Å². The van der Waals surface area contributed by atoms with Gasteiger partial charge in [0, 0.05) is 0 Å². The summed E-state index contributed by atoms with van der Waals surface area (Å²) in [7, 11) is -4.29. The van der Waals surface area contributed by atoms with Gasteiger partial charge in [-0.25, -0.2) is 13.2 Å². The van der Waals surface area contributed by atoms with E-state index in [1.165, 1.54) is 19.2 Å². The Balaban J connectivity index is 2.57. The highest BCUT2D eigenvalue weighted by Gasteiger charge is 2.48. The van der Waals surface area contributed by atoms with Crippen molar-refractivity contribution in [1.29, 1.82) is 0 Å². The number of carbonyl (C=O) groups is 3. The molecule has 1 aliphatic rings. The van der Waals surface area contributed by atoms with E-state index in [0.717, 1.165) is 21.7 Å². The lowest BCUT2D eigenvalue weighted by Gasteiger charge is -2.38. The van der Waals surface area contributed by atoms with E-state index < -0.39 is 44.8 Å². The summed E-state index contributed by atoms with van der Waals surface area (Å²) in [4.78, 5) is 33.6. The molecule has 1 saturated heterocycles. The van der Waals surface area contributed by atoms with Crippen LogP contribution in [0, 0.1) is 0 Å². The SMILES string of the molecule is CC1(C)C(=O)NC(=O)CN1S(=O)(=O)c1ccsc1C(=O)O. The number of thiophene rings is 1. The van der Waals surface area contributed by atoms with Crippen LogP contribution < -0.4 is 5.32 Å². The van der Waals surface area contributed by atoms with Crippen LogP contribution in [-0.2, 0) is 19.6 Å². The molecule has 0 saturated carbocycles. The molecule has 8 nitrogen and oxygen atoms in total. The predicted molar refractivity (Wildman–Crippen MR) is 72.4 cm³/mol. The Labute approximate surface area is 124 Å². The Morgan fingerprint density at radius 1 is 1.43 bits per heavy atom. The highest BCUT2D eigenvalue weighted by atomic mass is 32.2. The van der Waals surface area contributed by atoms with E-state index in [2.05, 4.69) is 5.32 Å². The molecule has 0 atom stereocenters. The number of piperazine rings is 1. The summed E-state index contributed by atoms with van der Waals surface area (Å²) in [6, 6.07) is 1.15. The van der Waals surface area contributed by atoms with Crippen molar-refractivity contribution in [3.05, 3.63) is 16.3 Å². The van der Waals surface area contributed by atoms with Crippen LogP contribution in [0.2, 0.25) is 0 Å². The fourth-order valence-corrected chi connectivity index (χ4v) is 4.86. The van der Waals surface area contributed by atoms with Crippen LogP contribution >= 0.6 is 11.3 Å². The number of nitrogens with one attached hydrogen (secondary N) is 1. The molecule has 1 aliphatic heterocycles. The van der Waals surface area contributed by atoms with Crippen molar-refractivity contribution in [2.45, 2.75) is 24.3 Å². The zero-order chi connectivity index (χ0) is 16.0. The van der Waals surface area contributed by atoms with Crippen LogP contribution in [0.3, 0.4) is 0 Å². The van der Waals surface area contributed by atoms with Gasteiger partial charge in [-0.05, 0) is 25.3 Å². The van der Waals surface area contributed by atoms with Gasteiger partial charge < -0.3 is 5.11 Å². The van der Waals surface area contributed by atoms with Gasteiger partial charge in [0.1, 0.15) is 15.3 Å². The van der Waals surface area contributed by atoms with Crippen LogP contribution in [0.1, 0.15) is 23.5 Å². The van der Waals surface area contributed by atoms with E-state index in [1.807, 2.05) is 0 Å². The highest BCUT2D eigenvalue weighted by molar-refractivity contribution is 7.89. The molecule has 1 aromatic heterocycles. The van der Waals surface area contributed by atoms with Gasteiger partial charge in [0.15, 0.2) is 0 Å². The molecule has 2 amide bonds. The summed E-state index contributed by atoms with van der Waals surface area (Å²) in [6.45, 7) is 2.15. The summed E-state index contributed by atoms with van der Waals surface area (Å²) in [6.07, 6.45) is 0. The summed E-state index contributed by atoms with van der Waals surface area (Å²) < 4.78 is 26.0. The minimum atomic E-state index is -4.29. The van der Waals surface area contributed by atoms with Crippen LogP contribution in [-0.4, -0.2) is 47.7 Å². The number of nitrogens with zero attached hydrogens (tertiary/aromatic N) is 1. The number of amides is 2. The summed E-state index contributed by atoms with van der Waals surface area (Å²) >= 11 is 0.759. The van der Waals surface area contributed by atoms with E-state index in [-0.39, 0.29) is 4.88 Å². The highest BCUT2D eigenvalue weighted by Crippen LogP contribution is 2.31. The van der Waals surface area contributed by atoms with Crippen LogP contribution in [0.4, 0.5) is 0 Å². The van der Waals surface area contributed by atoms with Crippen LogP contribution in [0.25, 0.3) is 0 Å². The normalized spacial score (nSPS) is 19.3. The van der Waals surface area contributed by atoms with Crippen molar-refractivity contribution in [3.8, 4) is 0 Å². The van der Waals surface area contributed by atoms with Gasteiger partial charge in [-0.1, -0.05) is 0 Å². The maximum Gasteiger partial charge on any atom is 0.347 e. The Morgan fingerprint density at radius 2 is 2.05 bits per heavy atom. The molecule has 1 fully saturated rings. The third kappa shape index (κ3) is 2.45. The molecule has 0 unspecified atom stereocenters. The molecule has 0 aromatic carbocycles. The molecular formula is C11H12N2O6S2. The lowest BCUT2D eigenvalue weighted by molar-refractivity contribution is -0.141. The second-order valence-electron chi connectivity index (χ2n) is 4.87. The lowest BCUT2D eigenvalue weighted by Crippen LogP contribution is -2.65. The van der Waals surface area contributed by atoms with Gasteiger partial charge in [-0.3, -0.25) is 14.9 Å². The second-order valence-corrected chi connectivity index (χ2v) is 7.61. The molecule has 0 aliphatic carbocycles. The quantitative estimate of drug-likeness (QED) is 0.744. The first-order chi connectivity index (χ1) is 9.58. The molecule has 0 spiro atoms. The number of carboxylic acid groups (broad SMARTS) is 1. The third-order valence-corrected chi connectivity index (χ3v) is 6.20. The Kier molecular flexibility index (Phi) is 3.64. The van der Waals surface area contributed by atoms with Gasteiger partial charge in [-0.15, -0.1) is 11.3 Å². The molecule has 21 heavy (non-hydrogen) atoms. The first-order valence-corrected chi connectivity index (χ1v) is 8.08. The third-order valence-electron chi connectivity index (χ3n) is 3.11. The fraction of sp³-hybridized carbons (Fsp3) is 0.364. The van der Waals surface area contributed by atoms with Crippen LogP contribution in [0.5, 0.6) is 0 Å².